The Bertz CT molecular complexity index is 1030. The molecule has 3 rings (SSSR count). The Kier molecular flexibility index (Phi) is 6.06. The number of rotatable bonds is 7. The number of nitrogens with one attached hydrogen (secondary N) is 1. The van der Waals surface area contributed by atoms with Crippen LogP contribution in [-0.4, -0.2) is 37.0 Å². The van der Waals surface area contributed by atoms with E-state index in [4.69, 9.17) is 4.74 Å². The number of carboxylic acids is 1. The van der Waals surface area contributed by atoms with Gasteiger partial charge in [0.25, 0.3) is 0 Å². The van der Waals surface area contributed by atoms with Crippen molar-refractivity contribution < 1.29 is 24.2 Å². The highest BCUT2D eigenvalue weighted by Gasteiger charge is 2.43. The van der Waals surface area contributed by atoms with E-state index >= 15 is 0 Å². The number of nitrogens with zero attached hydrogens (tertiary/aromatic N) is 1. The number of aryl methyl sites for hydroxylation is 1. The van der Waals surface area contributed by atoms with Crippen molar-refractivity contribution in [2.24, 2.45) is 0 Å². The number of hydrogen-bond acceptors (Lipinski definition) is 4. The number of ether oxygens (including phenoxy) is 1. The molecule has 0 radical (unpaired) electrons. The topological polar surface area (TPSA) is 95.9 Å². The van der Waals surface area contributed by atoms with Crippen LogP contribution in [-0.2, 0) is 19.8 Å². The van der Waals surface area contributed by atoms with Crippen LogP contribution in [0.15, 0.2) is 36.4 Å². The van der Waals surface area contributed by atoms with Gasteiger partial charge in [-0.15, -0.1) is 0 Å². The summed E-state index contributed by atoms with van der Waals surface area (Å²) in [5, 5.41) is 12.2. The number of methoxy groups -OCH3 is 1. The minimum Gasteiger partial charge on any atom is -0.497 e. The van der Waals surface area contributed by atoms with Crippen LogP contribution in [0.2, 0.25) is 0 Å². The second kappa shape index (κ2) is 8.41. The highest BCUT2D eigenvalue weighted by atomic mass is 16.5. The summed E-state index contributed by atoms with van der Waals surface area (Å²) in [6.45, 7) is 5.65. The number of amides is 2. The van der Waals surface area contributed by atoms with E-state index in [0.29, 0.717) is 11.4 Å². The van der Waals surface area contributed by atoms with E-state index in [1.165, 1.54) is 0 Å². The molecule has 2 N–H and O–H groups in total. The first kappa shape index (κ1) is 22.3. The van der Waals surface area contributed by atoms with Crippen molar-refractivity contribution in [1.82, 2.24) is 0 Å². The number of anilines is 2. The number of fused-ring (bicyclic) bond motifs is 1. The fourth-order valence-corrected chi connectivity index (χ4v) is 4.24. The van der Waals surface area contributed by atoms with Gasteiger partial charge >= 0.3 is 5.97 Å². The number of carbonyl (C=O) groups excluding carboxylic acids is 2. The third-order valence-corrected chi connectivity index (χ3v) is 5.87. The van der Waals surface area contributed by atoms with E-state index in [1.807, 2.05) is 32.9 Å². The molecule has 164 valence electrons. The van der Waals surface area contributed by atoms with E-state index in [9.17, 15) is 19.5 Å². The van der Waals surface area contributed by atoms with Gasteiger partial charge in [-0.2, -0.15) is 0 Å². The molecule has 0 aromatic heterocycles. The van der Waals surface area contributed by atoms with E-state index in [2.05, 4.69) is 5.32 Å². The van der Waals surface area contributed by atoms with Gasteiger partial charge in [-0.3, -0.25) is 14.4 Å². The van der Waals surface area contributed by atoms with Crippen LogP contribution in [0.5, 0.6) is 5.75 Å². The molecule has 1 aliphatic rings. The molecule has 0 spiro atoms. The van der Waals surface area contributed by atoms with Gasteiger partial charge in [-0.25, -0.2) is 0 Å². The summed E-state index contributed by atoms with van der Waals surface area (Å²) < 4.78 is 5.15. The van der Waals surface area contributed by atoms with Crippen LogP contribution in [0, 0.1) is 6.92 Å². The van der Waals surface area contributed by atoms with Crippen molar-refractivity contribution in [2.75, 3.05) is 24.4 Å². The lowest BCUT2D eigenvalue weighted by Crippen LogP contribution is -2.33. The molecule has 0 aliphatic carbocycles. The molecule has 0 bridgehead atoms. The molecule has 2 aromatic rings. The van der Waals surface area contributed by atoms with Crippen LogP contribution in [0.25, 0.3) is 0 Å². The highest BCUT2D eigenvalue weighted by molar-refractivity contribution is 6.08. The molecular weight excluding hydrogens is 396 g/mol. The number of hydrogen-bond donors (Lipinski definition) is 2. The maximum Gasteiger partial charge on any atom is 0.303 e. The molecule has 1 unspecified atom stereocenters. The largest absolute Gasteiger partial charge is 0.497 e. The maximum atomic E-state index is 12.8. The summed E-state index contributed by atoms with van der Waals surface area (Å²) in [4.78, 5) is 38.4. The lowest BCUT2D eigenvalue weighted by molar-refractivity contribution is -0.137. The maximum absolute atomic E-state index is 12.8. The Balaban J connectivity index is 1.81. The predicted molar refractivity (Wildman–Crippen MR) is 119 cm³/mol. The number of benzene rings is 2. The number of carbonyl (C=O) groups is 3. The second-order valence-corrected chi connectivity index (χ2v) is 8.50. The predicted octanol–water partition coefficient (Wildman–Crippen LogP) is 3.84. The monoisotopic (exact) mass is 424 g/mol. The van der Waals surface area contributed by atoms with Crippen molar-refractivity contribution in [3.05, 3.63) is 53.1 Å². The third kappa shape index (κ3) is 4.40. The van der Waals surface area contributed by atoms with Gasteiger partial charge < -0.3 is 20.1 Å². The number of aliphatic carboxylic acids is 1. The molecule has 31 heavy (non-hydrogen) atoms. The van der Waals surface area contributed by atoms with E-state index in [-0.39, 0.29) is 24.7 Å². The summed E-state index contributed by atoms with van der Waals surface area (Å²) in [5.74, 6) is -1.04. The molecule has 1 heterocycles. The molecule has 0 fully saturated rings. The van der Waals surface area contributed by atoms with E-state index in [1.54, 1.807) is 43.3 Å². The van der Waals surface area contributed by atoms with Crippen molar-refractivity contribution in [3.8, 4) is 5.75 Å². The number of carboxylic acid groups (broad SMARTS) is 1. The Labute approximate surface area is 182 Å². The minimum atomic E-state index is -0.967. The third-order valence-electron chi connectivity index (χ3n) is 5.87. The number of likely N-dealkylation sites (N-methyl/N-ethyl adjacent to an activating group) is 1. The van der Waals surface area contributed by atoms with Gasteiger partial charge in [0, 0.05) is 25.1 Å². The Morgan fingerprint density at radius 1 is 1.16 bits per heavy atom. The van der Waals surface area contributed by atoms with Gasteiger partial charge in [0.15, 0.2) is 0 Å². The lowest BCUT2D eigenvalue weighted by Gasteiger charge is -2.18. The first-order valence-electron chi connectivity index (χ1n) is 10.1. The molecule has 1 atom stereocenters. The fraction of sp³-hybridized carbons (Fsp3) is 0.375. The van der Waals surface area contributed by atoms with Crippen LogP contribution in [0.4, 0.5) is 11.4 Å². The molecule has 1 aliphatic heterocycles. The lowest BCUT2D eigenvalue weighted by atomic mass is 9.85. The zero-order chi connectivity index (χ0) is 22.9. The van der Waals surface area contributed by atoms with Crippen LogP contribution in [0.3, 0.4) is 0 Å². The minimum absolute atomic E-state index is 0.00936. The van der Waals surface area contributed by atoms with Gasteiger partial charge in [-0.05, 0) is 61.7 Å². The summed E-state index contributed by atoms with van der Waals surface area (Å²) in [7, 11) is 3.31. The Hall–Kier alpha value is -3.35. The standard InChI is InChI=1S/C24H28N2O5/c1-14-10-17(13-19-22(14)26(4)23(30)24(19,2)3)25-20(27)11-16(12-21(28)29)15-6-8-18(31-5)9-7-15/h6-10,13,16H,11-12H2,1-5H3,(H,25,27)(H,28,29). The van der Waals surface area contributed by atoms with Crippen LogP contribution >= 0.6 is 0 Å². The van der Waals surface area contributed by atoms with E-state index < -0.39 is 17.3 Å². The molecule has 0 saturated heterocycles. The van der Waals surface area contributed by atoms with Crippen molar-refractivity contribution >= 4 is 29.2 Å². The zero-order valence-corrected chi connectivity index (χ0v) is 18.5. The fourth-order valence-electron chi connectivity index (χ4n) is 4.24. The SMILES string of the molecule is COc1ccc(C(CC(=O)O)CC(=O)Nc2cc(C)c3c(c2)C(C)(C)C(=O)N3C)cc1. The molecule has 7 nitrogen and oxygen atoms in total. The Morgan fingerprint density at radius 3 is 2.39 bits per heavy atom. The van der Waals surface area contributed by atoms with E-state index in [0.717, 1.165) is 22.4 Å². The van der Waals surface area contributed by atoms with Crippen molar-refractivity contribution in [1.29, 1.82) is 0 Å². The summed E-state index contributed by atoms with van der Waals surface area (Å²) >= 11 is 0. The highest BCUT2D eigenvalue weighted by Crippen LogP contribution is 2.44. The van der Waals surface area contributed by atoms with Gasteiger partial charge in [-0.1, -0.05) is 12.1 Å². The molecule has 7 heteroatoms. The first-order chi connectivity index (χ1) is 14.5. The average molecular weight is 424 g/mol. The molecule has 2 amide bonds. The van der Waals surface area contributed by atoms with Gasteiger partial charge in [0.05, 0.1) is 24.6 Å². The smallest absolute Gasteiger partial charge is 0.303 e. The normalized spacial score (nSPS) is 15.4. The van der Waals surface area contributed by atoms with Crippen molar-refractivity contribution in [3.63, 3.8) is 0 Å². The Morgan fingerprint density at radius 2 is 1.81 bits per heavy atom. The summed E-state index contributed by atoms with van der Waals surface area (Å²) in [6.07, 6.45) is -0.133. The molecular formula is C24H28N2O5. The second-order valence-electron chi connectivity index (χ2n) is 8.50. The zero-order valence-electron chi connectivity index (χ0n) is 18.5. The van der Waals surface area contributed by atoms with Gasteiger partial charge in [0.1, 0.15) is 5.75 Å². The van der Waals surface area contributed by atoms with Crippen molar-refractivity contribution in [2.45, 2.75) is 44.9 Å². The first-order valence-corrected chi connectivity index (χ1v) is 10.1. The van der Waals surface area contributed by atoms with Gasteiger partial charge in [0.2, 0.25) is 11.8 Å². The van der Waals surface area contributed by atoms with Crippen LogP contribution in [0.1, 0.15) is 49.3 Å². The quantitative estimate of drug-likeness (QED) is 0.704. The molecule has 2 aromatic carbocycles. The van der Waals surface area contributed by atoms with Crippen LogP contribution < -0.4 is 15.0 Å². The summed E-state index contributed by atoms with van der Waals surface area (Å²) in [6, 6.07) is 10.7. The summed E-state index contributed by atoms with van der Waals surface area (Å²) in [5.41, 5.74) is 3.32. The average Bonchev–Trinajstić information content (AvgIpc) is 2.87. The molecule has 0 saturated carbocycles.